The highest BCUT2D eigenvalue weighted by Crippen LogP contribution is 2.76. The van der Waals surface area contributed by atoms with Crippen molar-refractivity contribution in [2.75, 3.05) is 13.2 Å². The molecule has 4 bridgehead atoms. The van der Waals surface area contributed by atoms with E-state index in [9.17, 15) is 24.9 Å². The predicted molar refractivity (Wildman–Crippen MR) is 100 cm³/mol. The molecule has 0 aromatic rings. The molecular formula is C22H30O7. The van der Waals surface area contributed by atoms with Crippen LogP contribution in [0.5, 0.6) is 0 Å². The zero-order chi connectivity index (χ0) is 21.0. The Morgan fingerprint density at radius 1 is 1.31 bits per heavy atom. The lowest BCUT2D eigenvalue weighted by Crippen LogP contribution is -2.84. The van der Waals surface area contributed by atoms with Gasteiger partial charge in [-0.25, -0.2) is 0 Å². The molecule has 160 valence electrons. The molecule has 2 heterocycles. The van der Waals surface area contributed by atoms with Crippen molar-refractivity contribution in [3.05, 3.63) is 12.2 Å². The van der Waals surface area contributed by atoms with Crippen LogP contribution in [0.15, 0.2) is 12.2 Å². The van der Waals surface area contributed by atoms with Crippen LogP contribution in [0.1, 0.15) is 46.0 Å². The number of allylic oxidation sites excluding steroid dienone is 1. The van der Waals surface area contributed by atoms with Gasteiger partial charge in [-0.3, -0.25) is 9.59 Å². The normalized spacial score (nSPS) is 55.4. The number of ketones is 1. The molecule has 4 saturated carbocycles. The summed E-state index contributed by atoms with van der Waals surface area (Å²) in [7, 11) is 0. The Kier molecular flexibility index (Phi) is 3.86. The lowest BCUT2D eigenvalue weighted by Gasteiger charge is -2.74. The Bertz CT molecular complexity index is 809. The topological polar surface area (TPSA) is 113 Å². The van der Waals surface area contributed by atoms with Crippen LogP contribution in [-0.4, -0.2) is 58.3 Å². The molecule has 0 radical (unpaired) electrons. The quantitative estimate of drug-likeness (QED) is 0.462. The average molecular weight is 406 g/mol. The molecule has 0 aromatic carbocycles. The van der Waals surface area contributed by atoms with E-state index in [1.54, 1.807) is 0 Å². The van der Waals surface area contributed by atoms with Gasteiger partial charge in [-0.2, -0.15) is 0 Å². The number of Topliss-reactive ketones (excluding diaryl/α,β-unsaturated/α-hetero) is 1. The maximum atomic E-state index is 13.4. The molecule has 6 fully saturated rings. The summed E-state index contributed by atoms with van der Waals surface area (Å²) in [6, 6.07) is 0. The minimum atomic E-state index is -2.02. The van der Waals surface area contributed by atoms with E-state index in [1.807, 2.05) is 6.92 Å². The number of rotatable bonds is 2. The van der Waals surface area contributed by atoms with Crippen molar-refractivity contribution in [1.29, 1.82) is 0 Å². The fourth-order valence-electron chi connectivity index (χ4n) is 8.08. The highest BCUT2D eigenvalue weighted by atomic mass is 16.6. The summed E-state index contributed by atoms with van der Waals surface area (Å²) in [6.07, 6.45) is 0.743. The number of carbonyl (C=O) groups is 2. The third-order valence-corrected chi connectivity index (χ3v) is 9.25. The van der Waals surface area contributed by atoms with Gasteiger partial charge < -0.3 is 24.8 Å². The zero-order valence-electron chi connectivity index (χ0n) is 17.0. The summed E-state index contributed by atoms with van der Waals surface area (Å²) < 4.78 is 11.3. The minimum absolute atomic E-state index is 0.0130. The molecule has 6 aliphatic rings. The Morgan fingerprint density at radius 2 is 2.03 bits per heavy atom. The summed E-state index contributed by atoms with van der Waals surface area (Å²) in [6.45, 7) is 7.44. The second kappa shape index (κ2) is 5.69. The highest BCUT2D eigenvalue weighted by molar-refractivity contribution is 6.04. The Labute approximate surface area is 170 Å². The van der Waals surface area contributed by atoms with Crippen LogP contribution >= 0.6 is 0 Å². The molecule has 0 amide bonds. The van der Waals surface area contributed by atoms with E-state index < -0.39 is 46.1 Å². The first-order chi connectivity index (χ1) is 13.5. The van der Waals surface area contributed by atoms with E-state index in [-0.39, 0.29) is 30.8 Å². The van der Waals surface area contributed by atoms with E-state index in [0.29, 0.717) is 31.3 Å². The first kappa shape index (κ1) is 19.7. The monoisotopic (exact) mass is 406 g/mol. The number of aliphatic hydroxyl groups excluding tert-OH is 2. The molecule has 2 spiro atoms. The van der Waals surface area contributed by atoms with E-state index in [2.05, 4.69) is 6.58 Å². The summed E-state index contributed by atoms with van der Waals surface area (Å²) in [5.41, 5.74) is -2.27. The maximum Gasteiger partial charge on any atom is 0.302 e. The minimum Gasteiger partial charge on any atom is -0.465 e. The Morgan fingerprint density at radius 3 is 2.72 bits per heavy atom. The Balaban J connectivity index is 1.69. The van der Waals surface area contributed by atoms with Gasteiger partial charge in [0.05, 0.1) is 24.7 Å². The number of fused-ring (bicyclic) bond motifs is 2. The van der Waals surface area contributed by atoms with Gasteiger partial charge in [0, 0.05) is 23.7 Å². The summed E-state index contributed by atoms with van der Waals surface area (Å²) >= 11 is 0. The van der Waals surface area contributed by atoms with Crippen molar-refractivity contribution in [2.24, 2.45) is 34.0 Å². The van der Waals surface area contributed by atoms with Gasteiger partial charge in [-0.05, 0) is 49.5 Å². The van der Waals surface area contributed by atoms with Gasteiger partial charge in [-0.15, -0.1) is 0 Å². The first-order valence-corrected chi connectivity index (χ1v) is 10.6. The fourth-order valence-corrected chi connectivity index (χ4v) is 8.08. The lowest BCUT2D eigenvalue weighted by atomic mass is 9.36. The molecule has 9 atom stereocenters. The van der Waals surface area contributed by atoms with Gasteiger partial charge in [-0.1, -0.05) is 13.5 Å². The van der Waals surface area contributed by atoms with Crippen molar-refractivity contribution in [2.45, 2.75) is 63.9 Å². The van der Waals surface area contributed by atoms with E-state index >= 15 is 0 Å². The molecule has 3 N–H and O–H groups in total. The molecular weight excluding hydrogens is 376 g/mol. The smallest absolute Gasteiger partial charge is 0.302 e. The van der Waals surface area contributed by atoms with Crippen molar-refractivity contribution in [1.82, 2.24) is 0 Å². The predicted octanol–water partition coefficient (Wildman–Crippen LogP) is 0.948. The second-order valence-electron chi connectivity index (χ2n) is 10.4. The summed E-state index contributed by atoms with van der Waals surface area (Å²) in [5.74, 6) is -3.52. The van der Waals surface area contributed by atoms with Crippen molar-refractivity contribution in [3.8, 4) is 0 Å². The summed E-state index contributed by atoms with van der Waals surface area (Å²) in [4.78, 5) is 24.9. The summed E-state index contributed by atoms with van der Waals surface area (Å²) in [5, 5.41) is 34.6. The molecule has 2 saturated heterocycles. The maximum absolute atomic E-state index is 13.4. The van der Waals surface area contributed by atoms with Crippen LogP contribution in [-0.2, 0) is 19.1 Å². The molecule has 4 aliphatic carbocycles. The number of aliphatic hydroxyl groups is 3. The van der Waals surface area contributed by atoms with Crippen LogP contribution in [0, 0.1) is 34.0 Å². The number of hydrogen-bond acceptors (Lipinski definition) is 7. The largest absolute Gasteiger partial charge is 0.465 e. The number of hydrogen-bond donors (Lipinski definition) is 3. The standard InChI is InChI=1S/C22H30O7/c1-11-13-4-5-14-20-10-29-22(27,21(14,8-13)17(11)25)18(26)16(20)19(3,7-6-15(20)24)9-28-12(2)23/h13-16,18,24,26-27H,1,4-10H2,2-3H3/t13-,14+,15+,16-,18-,19+,20?,21?,22-/m1/s1. The van der Waals surface area contributed by atoms with E-state index in [4.69, 9.17) is 9.47 Å². The van der Waals surface area contributed by atoms with Gasteiger partial charge in [0.15, 0.2) is 5.78 Å². The van der Waals surface area contributed by atoms with Crippen LogP contribution in [0.2, 0.25) is 0 Å². The van der Waals surface area contributed by atoms with E-state index in [0.717, 1.165) is 6.42 Å². The van der Waals surface area contributed by atoms with Gasteiger partial charge in [0.25, 0.3) is 0 Å². The fraction of sp³-hybridized carbons (Fsp3) is 0.818. The van der Waals surface area contributed by atoms with Crippen LogP contribution < -0.4 is 0 Å². The molecule has 0 aromatic heterocycles. The van der Waals surface area contributed by atoms with Crippen LogP contribution in [0.4, 0.5) is 0 Å². The van der Waals surface area contributed by atoms with Crippen molar-refractivity contribution < 1.29 is 34.4 Å². The molecule has 2 unspecified atom stereocenters. The van der Waals surface area contributed by atoms with Crippen LogP contribution in [0.25, 0.3) is 0 Å². The first-order valence-electron chi connectivity index (χ1n) is 10.6. The number of ether oxygens (including phenoxy) is 2. The molecule has 29 heavy (non-hydrogen) atoms. The van der Waals surface area contributed by atoms with Gasteiger partial charge >= 0.3 is 5.97 Å². The SMILES string of the molecule is C=C1C(=O)C23C[C@H]1CC[C@H]2C12CO[C@]3(O)[C@H](O)[C@@H]1[C@](C)(COC(C)=O)CC[C@@H]2O. The molecule has 7 heteroatoms. The van der Waals surface area contributed by atoms with Crippen molar-refractivity contribution in [3.63, 3.8) is 0 Å². The highest BCUT2D eigenvalue weighted by Gasteiger charge is 2.84. The number of carbonyl (C=O) groups excluding carboxylic acids is 2. The van der Waals surface area contributed by atoms with Gasteiger partial charge in [0.1, 0.15) is 6.10 Å². The molecule has 7 nitrogen and oxygen atoms in total. The molecule has 6 rings (SSSR count). The lowest BCUT2D eigenvalue weighted by molar-refractivity contribution is -0.450. The van der Waals surface area contributed by atoms with Crippen molar-refractivity contribution >= 4 is 11.8 Å². The second-order valence-corrected chi connectivity index (χ2v) is 10.4. The third kappa shape index (κ3) is 1.98. The molecule has 2 aliphatic heterocycles. The Hall–Kier alpha value is -1.28. The van der Waals surface area contributed by atoms with Gasteiger partial charge in [0.2, 0.25) is 5.79 Å². The average Bonchev–Trinajstić information content (AvgIpc) is 2.87. The third-order valence-electron chi connectivity index (χ3n) is 9.25. The zero-order valence-corrected chi connectivity index (χ0v) is 17.0. The van der Waals surface area contributed by atoms with Crippen LogP contribution in [0.3, 0.4) is 0 Å². The van der Waals surface area contributed by atoms with E-state index in [1.165, 1.54) is 6.92 Å². The number of esters is 1.